The number of benzene rings is 2. The maximum Gasteiger partial charge on any atom is 0.306 e. The fourth-order valence-electron chi connectivity index (χ4n) is 4.55. The molecule has 4 rings (SSSR count). The van der Waals surface area contributed by atoms with Crippen molar-refractivity contribution >= 4 is 17.4 Å². The third-order valence-corrected chi connectivity index (χ3v) is 6.61. The Morgan fingerprint density at radius 3 is 2.62 bits per heavy atom. The van der Waals surface area contributed by atoms with Crippen LogP contribution < -0.4 is 9.64 Å². The predicted octanol–water partition coefficient (Wildman–Crippen LogP) is 4.91. The van der Waals surface area contributed by atoms with Crippen molar-refractivity contribution in [2.24, 2.45) is 5.92 Å². The molecule has 1 aliphatic heterocycles. The molecule has 2 heterocycles. The molecule has 0 bridgehead atoms. The maximum absolute atomic E-state index is 13.0. The number of carbonyl (C=O) groups excluding carboxylic acids is 1. The van der Waals surface area contributed by atoms with Crippen molar-refractivity contribution in [3.8, 4) is 5.75 Å². The molecule has 0 radical (unpaired) electrons. The highest BCUT2D eigenvalue weighted by Gasteiger charge is 2.50. The van der Waals surface area contributed by atoms with E-state index in [1.807, 2.05) is 41.3 Å². The highest BCUT2D eigenvalue weighted by atomic mass is 16.5. The summed E-state index contributed by atoms with van der Waals surface area (Å²) in [7, 11) is 0. The first-order valence-corrected chi connectivity index (χ1v) is 11.5. The van der Waals surface area contributed by atoms with Crippen molar-refractivity contribution in [2.75, 3.05) is 11.4 Å². The van der Waals surface area contributed by atoms with Gasteiger partial charge in [0, 0.05) is 18.7 Å². The second-order valence-electron chi connectivity index (χ2n) is 8.97. The second kappa shape index (κ2) is 9.71. The van der Waals surface area contributed by atoms with Crippen molar-refractivity contribution < 1.29 is 23.8 Å². The van der Waals surface area contributed by atoms with Gasteiger partial charge in [-0.05, 0) is 62.1 Å². The van der Waals surface area contributed by atoms with Crippen molar-refractivity contribution in [2.45, 2.75) is 52.2 Å². The Hall–Kier alpha value is -3.61. The van der Waals surface area contributed by atoms with Gasteiger partial charge >= 0.3 is 5.97 Å². The highest BCUT2D eigenvalue weighted by Crippen LogP contribution is 2.43. The Bertz CT molecular complexity index is 1170. The van der Waals surface area contributed by atoms with Gasteiger partial charge in [0.05, 0.1) is 11.6 Å². The first-order valence-electron chi connectivity index (χ1n) is 11.5. The van der Waals surface area contributed by atoms with E-state index in [4.69, 9.17) is 9.15 Å². The second-order valence-corrected chi connectivity index (χ2v) is 8.97. The number of aliphatic carboxylic acids is 1. The SMILES string of the molecule is CC(=O)C1(c2nc(CC(C)C(=O)O)co2)CCCN1c1ccc(OCc2ccccc2C)cc1. The number of carboxylic acids is 1. The molecule has 1 aliphatic rings. The molecule has 1 aromatic heterocycles. The summed E-state index contributed by atoms with van der Waals surface area (Å²) in [5, 5.41) is 9.20. The summed E-state index contributed by atoms with van der Waals surface area (Å²) in [5.41, 5.74) is 2.74. The zero-order valence-electron chi connectivity index (χ0n) is 19.8. The first-order chi connectivity index (χ1) is 16.3. The third-order valence-electron chi connectivity index (χ3n) is 6.61. The fraction of sp³-hybridized carbons (Fsp3) is 0.370. The molecule has 0 saturated carbocycles. The molecule has 7 heteroatoms. The quantitative estimate of drug-likeness (QED) is 0.483. The van der Waals surface area contributed by atoms with E-state index in [9.17, 15) is 14.7 Å². The van der Waals surface area contributed by atoms with Gasteiger partial charge in [-0.2, -0.15) is 0 Å². The fourth-order valence-corrected chi connectivity index (χ4v) is 4.55. The molecule has 3 aromatic rings. The summed E-state index contributed by atoms with van der Waals surface area (Å²) in [6.45, 7) is 6.42. The zero-order chi connectivity index (χ0) is 24.3. The zero-order valence-corrected chi connectivity index (χ0v) is 19.8. The van der Waals surface area contributed by atoms with Crippen LogP contribution >= 0.6 is 0 Å². The number of nitrogens with zero attached hydrogens (tertiary/aromatic N) is 2. The van der Waals surface area contributed by atoms with Crippen LogP contribution in [0.5, 0.6) is 5.75 Å². The van der Waals surface area contributed by atoms with Crippen molar-refractivity contribution in [1.82, 2.24) is 4.98 Å². The summed E-state index contributed by atoms with van der Waals surface area (Å²) in [6, 6.07) is 15.8. The average Bonchev–Trinajstić information content (AvgIpc) is 3.47. The van der Waals surface area contributed by atoms with E-state index in [1.54, 1.807) is 13.8 Å². The third kappa shape index (κ3) is 4.55. The lowest BCUT2D eigenvalue weighted by molar-refractivity contribution is -0.141. The van der Waals surface area contributed by atoms with Gasteiger partial charge in [0.25, 0.3) is 0 Å². The van der Waals surface area contributed by atoms with Crippen LogP contribution in [0.1, 0.15) is 49.4 Å². The first kappa shape index (κ1) is 23.5. The van der Waals surface area contributed by atoms with Gasteiger partial charge < -0.3 is 19.2 Å². The number of carbonyl (C=O) groups is 2. The summed E-state index contributed by atoms with van der Waals surface area (Å²) in [4.78, 5) is 30.8. The summed E-state index contributed by atoms with van der Waals surface area (Å²) < 4.78 is 11.7. The highest BCUT2D eigenvalue weighted by molar-refractivity contribution is 5.91. The van der Waals surface area contributed by atoms with Crippen LogP contribution in [0.25, 0.3) is 0 Å². The van der Waals surface area contributed by atoms with Gasteiger partial charge in [0.1, 0.15) is 18.6 Å². The average molecular weight is 463 g/mol. The van der Waals surface area contributed by atoms with Gasteiger partial charge in [-0.15, -0.1) is 0 Å². The number of aryl methyl sites for hydroxylation is 1. The molecule has 1 fully saturated rings. The lowest BCUT2D eigenvalue weighted by Crippen LogP contribution is -2.47. The van der Waals surface area contributed by atoms with Crippen molar-refractivity contribution in [3.05, 3.63) is 77.5 Å². The number of carboxylic acid groups (broad SMARTS) is 1. The van der Waals surface area contributed by atoms with Crippen LogP contribution in [0.4, 0.5) is 5.69 Å². The number of Topliss-reactive ketones (excluding diaryl/α,β-unsaturated/α-hetero) is 1. The summed E-state index contributed by atoms with van der Waals surface area (Å²) in [6.07, 6.45) is 3.12. The molecule has 178 valence electrons. The van der Waals surface area contributed by atoms with Crippen molar-refractivity contribution in [1.29, 1.82) is 0 Å². The van der Waals surface area contributed by atoms with Gasteiger partial charge in [-0.3, -0.25) is 9.59 Å². The molecule has 7 nitrogen and oxygen atoms in total. The van der Waals surface area contributed by atoms with E-state index >= 15 is 0 Å². The van der Waals surface area contributed by atoms with Gasteiger partial charge in [0.2, 0.25) is 5.89 Å². The molecular weight excluding hydrogens is 432 g/mol. The van der Waals surface area contributed by atoms with Crippen LogP contribution in [0.15, 0.2) is 59.2 Å². The molecule has 0 aliphatic carbocycles. The van der Waals surface area contributed by atoms with Crippen LogP contribution in [-0.4, -0.2) is 28.4 Å². The van der Waals surface area contributed by atoms with E-state index < -0.39 is 17.4 Å². The molecule has 1 N–H and O–H groups in total. The van der Waals surface area contributed by atoms with Gasteiger partial charge in [0.15, 0.2) is 11.3 Å². The predicted molar refractivity (Wildman–Crippen MR) is 128 cm³/mol. The van der Waals surface area contributed by atoms with E-state index in [0.29, 0.717) is 31.2 Å². The Kier molecular flexibility index (Phi) is 6.72. The number of anilines is 1. The number of rotatable bonds is 9. The van der Waals surface area contributed by atoms with Crippen molar-refractivity contribution in [3.63, 3.8) is 0 Å². The summed E-state index contributed by atoms with van der Waals surface area (Å²) in [5.74, 6) is -0.452. The Labute approximate surface area is 199 Å². The number of aromatic nitrogens is 1. The van der Waals surface area contributed by atoms with E-state index in [-0.39, 0.29) is 12.2 Å². The standard InChI is InChI=1S/C27H30N2O5/c1-18-7-4-5-8-21(18)16-33-24-11-9-23(10-12-24)29-14-6-13-27(29,20(3)30)26-28-22(17-34-26)15-19(2)25(31)32/h4-5,7-12,17,19H,6,13-16H2,1-3H3,(H,31,32). The van der Waals surface area contributed by atoms with Crippen LogP contribution in [-0.2, 0) is 28.2 Å². The molecule has 0 spiro atoms. The molecular formula is C27H30N2O5. The molecule has 34 heavy (non-hydrogen) atoms. The van der Waals surface area contributed by atoms with Gasteiger partial charge in [-0.25, -0.2) is 4.98 Å². The van der Waals surface area contributed by atoms with Gasteiger partial charge in [-0.1, -0.05) is 31.2 Å². The Morgan fingerprint density at radius 2 is 1.94 bits per heavy atom. The molecule has 0 amide bonds. The lowest BCUT2D eigenvalue weighted by atomic mass is 9.90. The molecule has 2 aromatic carbocycles. The minimum Gasteiger partial charge on any atom is -0.489 e. The number of oxazole rings is 1. The topological polar surface area (TPSA) is 92.9 Å². The molecule has 2 unspecified atom stereocenters. The van der Waals surface area contributed by atoms with Crippen LogP contribution in [0.2, 0.25) is 0 Å². The number of ketones is 1. The smallest absolute Gasteiger partial charge is 0.306 e. The normalized spacial score (nSPS) is 18.6. The molecule has 2 atom stereocenters. The Balaban J connectivity index is 1.54. The maximum atomic E-state index is 13.0. The summed E-state index contributed by atoms with van der Waals surface area (Å²) >= 11 is 0. The number of hydrogen-bond acceptors (Lipinski definition) is 6. The lowest BCUT2D eigenvalue weighted by Gasteiger charge is -2.35. The number of hydrogen-bond donors (Lipinski definition) is 1. The van der Waals surface area contributed by atoms with E-state index in [0.717, 1.165) is 23.4 Å². The number of ether oxygens (including phenoxy) is 1. The minimum absolute atomic E-state index is 0.0513. The minimum atomic E-state index is -1.01. The monoisotopic (exact) mass is 462 g/mol. The van der Waals surface area contributed by atoms with E-state index in [1.165, 1.54) is 11.8 Å². The van der Waals surface area contributed by atoms with E-state index in [2.05, 4.69) is 24.0 Å². The van der Waals surface area contributed by atoms with Crippen LogP contribution in [0, 0.1) is 12.8 Å². The molecule has 1 saturated heterocycles. The Morgan fingerprint density at radius 1 is 1.21 bits per heavy atom. The largest absolute Gasteiger partial charge is 0.489 e. The van der Waals surface area contributed by atoms with Crippen LogP contribution in [0.3, 0.4) is 0 Å².